The number of likely N-dealkylation sites (tertiary alicyclic amines) is 1. The van der Waals surface area contributed by atoms with E-state index < -0.39 is 18.0 Å². The Bertz CT molecular complexity index is 670. The fourth-order valence-corrected chi connectivity index (χ4v) is 3.32. The first-order valence-electron chi connectivity index (χ1n) is 8.67. The Hall–Kier alpha value is -2.41. The lowest BCUT2D eigenvalue weighted by molar-refractivity contribution is -0.133. The second-order valence-corrected chi connectivity index (χ2v) is 6.72. The highest BCUT2D eigenvalue weighted by atomic mass is 16.2. The molecule has 0 aromatic heterocycles. The van der Waals surface area contributed by atoms with Gasteiger partial charge in [0.2, 0.25) is 5.91 Å². The van der Waals surface area contributed by atoms with Crippen LogP contribution in [0.1, 0.15) is 30.4 Å². The van der Waals surface area contributed by atoms with E-state index in [0.29, 0.717) is 6.54 Å². The summed E-state index contributed by atoms with van der Waals surface area (Å²) >= 11 is 0. The normalized spacial score (nSPS) is 20.4. The molecule has 2 aliphatic heterocycles. The summed E-state index contributed by atoms with van der Waals surface area (Å²) in [6.45, 7) is 3.64. The standard InChI is InChI=1S/C18H24N4O3/c1-21(16(23)10-15-17(24)20-18(25)19-15)11-13-6-2-3-7-14(13)12-22-8-4-5-9-22/h2-3,6-7,15H,4-5,8-12H2,1H3,(H2,19,20,24,25). The maximum atomic E-state index is 12.4. The summed E-state index contributed by atoms with van der Waals surface area (Å²) < 4.78 is 0. The Morgan fingerprint density at radius 1 is 1.20 bits per heavy atom. The lowest BCUT2D eigenvalue weighted by atomic mass is 10.1. The van der Waals surface area contributed by atoms with Crippen molar-refractivity contribution in [2.45, 2.75) is 38.4 Å². The van der Waals surface area contributed by atoms with Crippen LogP contribution in [0.2, 0.25) is 0 Å². The van der Waals surface area contributed by atoms with Crippen LogP contribution in [0.25, 0.3) is 0 Å². The van der Waals surface area contributed by atoms with Crippen LogP contribution in [-0.2, 0) is 22.7 Å². The van der Waals surface area contributed by atoms with Gasteiger partial charge in [-0.2, -0.15) is 0 Å². The van der Waals surface area contributed by atoms with Gasteiger partial charge in [0.25, 0.3) is 5.91 Å². The highest BCUT2D eigenvalue weighted by Crippen LogP contribution is 2.17. The van der Waals surface area contributed by atoms with Crippen molar-refractivity contribution < 1.29 is 14.4 Å². The van der Waals surface area contributed by atoms with Crippen LogP contribution in [0.4, 0.5) is 4.79 Å². The zero-order chi connectivity index (χ0) is 17.8. The van der Waals surface area contributed by atoms with Gasteiger partial charge >= 0.3 is 6.03 Å². The van der Waals surface area contributed by atoms with Gasteiger partial charge in [-0.3, -0.25) is 19.8 Å². The molecular weight excluding hydrogens is 320 g/mol. The van der Waals surface area contributed by atoms with E-state index >= 15 is 0 Å². The zero-order valence-electron chi connectivity index (χ0n) is 14.5. The molecule has 2 N–H and O–H groups in total. The van der Waals surface area contributed by atoms with E-state index in [1.807, 2.05) is 18.2 Å². The van der Waals surface area contributed by atoms with Crippen molar-refractivity contribution in [3.05, 3.63) is 35.4 Å². The number of nitrogens with one attached hydrogen (secondary N) is 2. The Kier molecular flexibility index (Phi) is 5.33. The fourth-order valence-electron chi connectivity index (χ4n) is 3.32. The van der Waals surface area contributed by atoms with Crippen LogP contribution in [0, 0.1) is 0 Å². The topological polar surface area (TPSA) is 81.8 Å². The van der Waals surface area contributed by atoms with Crippen molar-refractivity contribution in [3.63, 3.8) is 0 Å². The Balaban J connectivity index is 1.60. The van der Waals surface area contributed by atoms with Crippen LogP contribution >= 0.6 is 0 Å². The molecule has 1 aromatic rings. The van der Waals surface area contributed by atoms with Gasteiger partial charge in [0.1, 0.15) is 6.04 Å². The molecule has 2 aliphatic rings. The number of hydrogen-bond acceptors (Lipinski definition) is 4. The summed E-state index contributed by atoms with van der Waals surface area (Å²) in [6, 6.07) is 6.83. The van der Waals surface area contributed by atoms with E-state index in [-0.39, 0.29) is 12.3 Å². The average Bonchev–Trinajstić information content (AvgIpc) is 3.19. The van der Waals surface area contributed by atoms with Gasteiger partial charge in [0, 0.05) is 20.1 Å². The molecule has 1 unspecified atom stereocenters. The van der Waals surface area contributed by atoms with Gasteiger partial charge in [-0.25, -0.2) is 4.79 Å². The molecule has 0 aliphatic carbocycles. The molecule has 1 aromatic carbocycles. The quantitative estimate of drug-likeness (QED) is 0.749. The number of rotatable bonds is 6. The smallest absolute Gasteiger partial charge is 0.322 e. The first kappa shape index (κ1) is 17.4. The summed E-state index contributed by atoms with van der Waals surface area (Å²) in [7, 11) is 1.73. The molecule has 2 heterocycles. The molecule has 3 rings (SSSR count). The molecule has 0 bridgehead atoms. The minimum atomic E-state index is -0.776. The summed E-state index contributed by atoms with van der Waals surface area (Å²) in [5.74, 6) is -0.612. The fraction of sp³-hybridized carbons (Fsp3) is 0.500. The Labute approximate surface area is 147 Å². The lowest BCUT2D eigenvalue weighted by Crippen LogP contribution is -2.37. The van der Waals surface area contributed by atoms with Crippen LogP contribution in [0.3, 0.4) is 0 Å². The summed E-state index contributed by atoms with van der Waals surface area (Å²) in [4.78, 5) is 39.2. The third-order valence-corrected chi connectivity index (χ3v) is 4.78. The summed E-state index contributed by atoms with van der Waals surface area (Å²) in [6.07, 6.45) is 2.47. The van der Waals surface area contributed by atoms with Gasteiger partial charge in [-0.15, -0.1) is 0 Å². The Morgan fingerprint density at radius 2 is 1.88 bits per heavy atom. The molecule has 2 fully saturated rings. The molecule has 25 heavy (non-hydrogen) atoms. The van der Waals surface area contributed by atoms with Crippen molar-refractivity contribution >= 4 is 17.8 Å². The van der Waals surface area contributed by atoms with E-state index in [0.717, 1.165) is 25.2 Å². The third kappa shape index (κ3) is 4.36. The molecule has 7 nitrogen and oxygen atoms in total. The molecule has 7 heteroatoms. The molecule has 0 saturated carbocycles. The van der Waals surface area contributed by atoms with Crippen molar-refractivity contribution in [3.8, 4) is 0 Å². The van der Waals surface area contributed by atoms with Crippen molar-refractivity contribution in [2.24, 2.45) is 0 Å². The van der Waals surface area contributed by atoms with Crippen LogP contribution < -0.4 is 10.6 Å². The molecule has 1 atom stereocenters. The maximum absolute atomic E-state index is 12.4. The number of hydrogen-bond donors (Lipinski definition) is 2. The summed E-state index contributed by atoms with van der Waals surface area (Å²) in [5.41, 5.74) is 2.35. The van der Waals surface area contributed by atoms with E-state index in [1.165, 1.54) is 18.4 Å². The van der Waals surface area contributed by atoms with Gasteiger partial charge in [-0.05, 0) is 37.1 Å². The van der Waals surface area contributed by atoms with Crippen molar-refractivity contribution in [1.29, 1.82) is 0 Å². The number of carbonyl (C=O) groups excluding carboxylic acids is 3. The molecule has 134 valence electrons. The summed E-state index contributed by atoms with van der Waals surface area (Å²) in [5, 5.41) is 4.60. The zero-order valence-corrected chi connectivity index (χ0v) is 14.5. The number of benzene rings is 1. The van der Waals surface area contributed by atoms with Gasteiger partial charge < -0.3 is 10.2 Å². The molecule has 0 spiro atoms. The SMILES string of the molecule is CN(Cc1ccccc1CN1CCCC1)C(=O)CC1NC(=O)NC1=O. The highest BCUT2D eigenvalue weighted by molar-refractivity contribution is 6.05. The second-order valence-electron chi connectivity index (χ2n) is 6.72. The highest BCUT2D eigenvalue weighted by Gasteiger charge is 2.32. The van der Waals surface area contributed by atoms with Crippen molar-refractivity contribution in [1.82, 2.24) is 20.4 Å². The molecular formula is C18H24N4O3. The van der Waals surface area contributed by atoms with E-state index in [9.17, 15) is 14.4 Å². The number of amides is 4. The van der Waals surface area contributed by atoms with Gasteiger partial charge in [0.15, 0.2) is 0 Å². The van der Waals surface area contributed by atoms with E-state index in [2.05, 4.69) is 21.6 Å². The average molecular weight is 344 g/mol. The second kappa shape index (κ2) is 7.65. The van der Waals surface area contributed by atoms with Gasteiger partial charge in [-0.1, -0.05) is 24.3 Å². The predicted molar refractivity (Wildman–Crippen MR) is 92.5 cm³/mol. The van der Waals surface area contributed by atoms with E-state index in [4.69, 9.17) is 0 Å². The monoisotopic (exact) mass is 344 g/mol. The number of imide groups is 1. The number of nitrogens with zero attached hydrogens (tertiary/aromatic N) is 2. The molecule has 4 amide bonds. The Morgan fingerprint density at radius 3 is 2.52 bits per heavy atom. The van der Waals surface area contributed by atoms with Crippen LogP contribution in [-0.4, -0.2) is 53.8 Å². The van der Waals surface area contributed by atoms with Crippen LogP contribution in [0.5, 0.6) is 0 Å². The van der Waals surface area contributed by atoms with E-state index in [1.54, 1.807) is 11.9 Å². The predicted octanol–water partition coefficient (Wildman–Crippen LogP) is 0.839. The molecule has 2 saturated heterocycles. The minimum absolute atomic E-state index is 0.0254. The largest absolute Gasteiger partial charge is 0.341 e. The first-order chi connectivity index (χ1) is 12.0. The maximum Gasteiger partial charge on any atom is 0.322 e. The minimum Gasteiger partial charge on any atom is -0.341 e. The number of urea groups is 1. The van der Waals surface area contributed by atoms with Gasteiger partial charge in [0.05, 0.1) is 6.42 Å². The van der Waals surface area contributed by atoms with Crippen molar-refractivity contribution in [2.75, 3.05) is 20.1 Å². The molecule has 0 radical (unpaired) electrons. The lowest BCUT2D eigenvalue weighted by Gasteiger charge is -2.22. The first-order valence-corrected chi connectivity index (χ1v) is 8.67. The third-order valence-electron chi connectivity index (χ3n) is 4.78. The van der Waals surface area contributed by atoms with Crippen LogP contribution in [0.15, 0.2) is 24.3 Å². The number of carbonyl (C=O) groups is 3.